The molecule has 1 aliphatic rings. The molecule has 1 saturated heterocycles. The Labute approximate surface area is 142 Å². The van der Waals surface area contributed by atoms with Crippen LogP contribution in [0.4, 0.5) is 25.8 Å². The SMILES string of the molecule is O=C(Nc1ccc(F)c(F)c1)c1ccc(N2CCCC2)c([N+](=O)[O-])c1. The first-order valence-electron chi connectivity index (χ1n) is 7.75. The lowest BCUT2D eigenvalue weighted by Gasteiger charge is -2.17. The Bertz CT molecular complexity index is 836. The van der Waals surface area contributed by atoms with Gasteiger partial charge in [-0.05, 0) is 37.1 Å². The summed E-state index contributed by atoms with van der Waals surface area (Å²) < 4.78 is 26.1. The second-order valence-electron chi connectivity index (χ2n) is 5.74. The van der Waals surface area contributed by atoms with E-state index in [0.29, 0.717) is 5.69 Å². The van der Waals surface area contributed by atoms with E-state index in [1.54, 1.807) is 6.07 Å². The molecule has 1 aliphatic heterocycles. The van der Waals surface area contributed by atoms with Crippen molar-refractivity contribution in [1.29, 1.82) is 0 Å². The van der Waals surface area contributed by atoms with Gasteiger partial charge in [0.25, 0.3) is 11.6 Å². The molecular weight excluding hydrogens is 332 g/mol. The van der Waals surface area contributed by atoms with E-state index in [1.165, 1.54) is 18.2 Å². The molecule has 0 bridgehead atoms. The van der Waals surface area contributed by atoms with Gasteiger partial charge < -0.3 is 10.2 Å². The maximum atomic E-state index is 13.2. The van der Waals surface area contributed by atoms with Gasteiger partial charge in [-0.1, -0.05) is 0 Å². The monoisotopic (exact) mass is 347 g/mol. The average Bonchev–Trinajstić information content (AvgIpc) is 3.12. The molecule has 1 N–H and O–H groups in total. The fraction of sp³-hybridized carbons (Fsp3) is 0.235. The van der Waals surface area contributed by atoms with Crippen molar-refractivity contribution in [3.8, 4) is 0 Å². The van der Waals surface area contributed by atoms with E-state index in [-0.39, 0.29) is 16.9 Å². The molecule has 130 valence electrons. The third kappa shape index (κ3) is 3.57. The number of amides is 1. The van der Waals surface area contributed by atoms with Crippen LogP contribution in [0.15, 0.2) is 36.4 Å². The Morgan fingerprint density at radius 1 is 1.08 bits per heavy atom. The van der Waals surface area contributed by atoms with E-state index in [0.717, 1.165) is 38.1 Å². The highest BCUT2D eigenvalue weighted by atomic mass is 19.2. The van der Waals surface area contributed by atoms with Crippen LogP contribution in [-0.4, -0.2) is 23.9 Å². The van der Waals surface area contributed by atoms with Crippen LogP contribution in [0.25, 0.3) is 0 Å². The predicted octanol–water partition coefficient (Wildman–Crippen LogP) is 3.73. The standard InChI is InChI=1S/C17H15F2N3O3/c18-13-5-4-12(10-14(13)19)20-17(23)11-3-6-15(16(9-11)22(24)25)21-7-1-2-8-21/h3-6,9-10H,1-2,7-8H2,(H,20,23). The molecule has 0 atom stereocenters. The van der Waals surface area contributed by atoms with Crippen LogP contribution in [0.5, 0.6) is 0 Å². The highest BCUT2D eigenvalue weighted by Crippen LogP contribution is 2.31. The van der Waals surface area contributed by atoms with Crippen LogP contribution in [0.1, 0.15) is 23.2 Å². The first-order valence-corrected chi connectivity index (χ1v) is 7.75. The summed E-state index contributed by atoms with van der Waals surface area (Å²) in [7, 11) is 0. The number of halogens is 2. The Hall–Kier alpha value is -3.03. The molecule has 0 saturated carbocycles. The molecule has 0 unspecified atom stereocenters. The molecule has 25 heavy (non-hydrogen) atoms. The molecule has 1 heterocycles. The Balaban J connectivity index is 1.86. The van der Waals surface area contributed by atoms with E-state index in [9.17, 15) is 23.7 Å². The molecule has 1 amide bonds. The largest absolute Gasteiger partial charge is 0.366 e. The number of nitrogens with zero attached hydrogens (tertiary/aromatic N) is 2. The van der Waals surface area contributed by atoms with Gasteiger partial charge in [-0.15, -0.1) is 0 Å². The van der Waals surface area contributed by atoms with Crippen LogP contribution in [0.3, 0.4) is 0 Å². The number of rotatable bonds is 4. The van der Waals surface area contributed by atoms with Gasteiger partial charge in [0.15, 0.2) is 11.6 Å². The quantitative estimate of drug-likeness (QED) is 0.675. The highest BCUT2D eigenvalue weighted by Gasteiger charge is 2.24. The van der Waals surface area contributed by atoms with Gasteiger partial charge in [-0.2, -0.15) is 0 Å². The maximum absolute atomic E-state index is 13.2. The lowest BCUT2D eigenvalue weighted by Crippen LogP contribution is -2.19. The summed E-state index contributed by atoms with van der Waals surface area (Å²) >= 11 is 0. The zero-order valence-corrected chi connectivity index (χ0v) is 13.2. The van der Waals surface area contributed by atoms with E-state index in [2.05, 4.69) is 5.32 Å². The Morgan fingerprint density at radius 2 is 1.80 bits per heavy atom. The van der Waals surface area contributed by atoms with Gasteiger partial charge in [0.1, 0.15) is 5.69 Å². The van der Waals surface area contributed by atoms with Gasteiger partial charge in [0.2, 0.25) is 0 Å². The summed E-state index contributed by atoms with van der Waals surface area (Å²) in [5, 5.41) is 13.7. The van der Waals surface area contributed by atoms with Gasteiger partial charge in [-0.3, -0.25) is 14.9 Å². The second kappa shape index (κ2) is 6.84. The normalized spacial score (nSPS) is 13.8. The molecule has 8 heteroatoms. The summed E-state index contributed by atoms with van der Waals surface area (Å²) in [5.74, 6) is -2.75. The smallest absolute Gasteiger partial charge is 0.293 e. The van der Waals surface area contributed by atoms with E-state index < -0.39 is 22.5 Å². The Morgan fingerprint density at radius 3 is 2.44 bits per heavy atom. The minimum atomic E-state index is -1.09. The summed E-state index contributed by atoms with van der Waals surface area (Å²) in [6.07, 6.45) is 1.94. The fourth-order valence-corrected chi connectivity index (χ4v) is 2.81. The molecule has 3 rings (SSSR count). The molecule has 6 nitrogen and oxygen atoms in total. The van der Waals surface area contributed by atoms with E-state index >= 15 is 0 Å². The minimum Gasteiger partial charge on any atom is -0.366 e. The van der Waals surface area contributed by atoms with Crippen molar-refractivity contribution in [2.24, 2.45) is 0 Å². The molecule has 0 spiro atoms. The second-order valence-corrected chi connectivity index (χ2v) is 5.74. The minimum absolute atomic E-state index is 0.0650. The fourth-order valence-electron chi connectivity index (χ4n) is 2.81. The van der Waals surface area contributed by atoms with Crippen molar-refractivity contribution < 1.29 is 18.5 Å². The molecular formula is C17H15F2N3O3. The topological polar surface area (TPSA) is 75.5 Å². The summed E-state index contributed by atoms with van der Waals surface area (Å²) in [6, 6.07) is 7.18. The number of hydrogen-bond donors (Lipinski definition) is 1. The molecule has 0 aliphatic carbocycles. The van der Waals surface area contributed by atoms with Crippen molar-refractivity contribution in [2.75, 3.05) is 23.3 Å². The number of hydrogen-bond acceptors (Lipinski definition) is 4. The number of nitro groups is 1. The van der Waals surface area contributed by atoms with Crippen molar-refractivity contribution in [3.05, 3.63) is 63.7 Å². The van der Waals surface area contributed by atoms with Crippen molar-refractivity contribution in [1.82, 2.24) is 0 Å². The van der Waals surface area contributed by atoms with Crippen molar-refractivity contribution in [3.63, 3.8) is 0 Å². The number of benzene rings is 2. The first-order chi connectivity index (χ1) is 12.0. The van der Waals surface area contributed by atoms with E-state index in [4.69, 9.17) is 0 Å². The van der Waals surface area contributed by atoms with Crippen molar-refractivity contribution in [2.45, 2.75) is 12.8 Å². The summed E-state index contributed by atoms with van der Waals surface area (Å²) in [4.78, 5) is 25.0. The number of anilines is 2. The zero-order valence-electron chi connectivity index (χ0n) is 13.2. The maximum Gasteiger partial charge on any atom is 0.293 e. The third-order valence-electron chi connectivity index (χ3n) is 4.06. The van der Waals surface area contributed by atoms with Gasteiger partial charge in [0.05, 0.1) is 4.92 Å². The lowest BCUT2D eigenvalue weighted by atomic mass is 10.1. The van der Waals surface area contributed by atoms with Crippen LogP contribution in [0, 0.1) is 21.7 Å². The number of nitrogens with one attached hydrogen (secondary N) is 1. The number of nitro benzene ring substituents is 1. The molecule has 2 aromatic carbocycles. The third-order valence-corrected chi connectivity index (χ3v) is 4.06. The molecule has 2 aromatic rings. The van der Waals surface area contributed by atoms with Crippen LogP contribution in [0.2, 0.25) is 0 Å². The number of carbonyl (C=O) groups excluding carboxylic acids is 1. The first kappa shape index (κ1) is 16.8. The molecule has 0 radical (unpaired) electrons. The Kier molecular flexibility index (Phi) is 4.60. The average molecular weight is 347 g/mol. The van der Waals surface area contributed by atoms with Crippen molar-refractivity contribution >= 4 is 23.0 Å². The summed E-state index contributed by atoms with van der Waals surface area (Å²) in [6.45, 7) is 1.47. The van der Waals surface area contributed by atoms with Crippen LogP contribution >= 0.6 is 0 Å². The highest BCUT2D eigenvalue weighted by molar-refractivity contribution is 6.05. The van der Waals surface area contributed by atoms with Crippen LogP contribution in [-0.2, 0) is 0 Å². The zero-order chi connectivity index (χ0) is 18.0. The van der Waals surface area contributed by atoms with Gasteiger partial charge >= 0.3 is 0 Å². The summed E-state index contributed by atoms with van der Waals surface area (Å²) in [5.41, 5.74) is 0.460. The van der Waals surface area contributed by atoms with Gasteiger partial charge in [0, 0.05) is 36.5 Å². The predicted molar refractivity (Wildman–Crippen MR) is 88.9 cm³/mol. The molecule has 1 fully saturated rings. The molecule has 0 aromatic heterocycles. The lowest BCUT2D eigenvalue weighted by molar-refractivity contribution is -0.384. The van der Waals surface area contributed by atoms with Gasteiger partial charge in [-0.25, -0.2) is 8.78 Å². The van der Waals surface area contributed by atoms with Crippen LogP contribution < -0.4 is 10.2 Å². The van der Waals surface area contributed by atoms with E-state index in [1.807, 2.05) is 4.90 Å². The number of carbonyl (C=O) groups is 1.